The zero-order chi connectivity index (χ0) is 15.3. The fourth-order valence-corrected chi connectivity index (χ4v) is 2.99. The number of allylic oxidation sites excluding steroid dienone is 1. The summed E-state index contributed by atoms with van der Waals surface area (Å²) in [7, 11) is 0. The lowest BCUT2D eigenvalue weighted by Gasteiger charge is -2.33. The van der Waals surface area contributed by atoms with Crippen LogP contribution in [0.4, 0.5) is 0 Å². The molecule has 0 radical (unpaired) electrons. The lowest BCUT2D eigenvalue weighted by atomic mass is 9.86. The second-order valence-electron chi connectivity index (χ2n) is 6.47. The van der Waals surface area contributed by atoms with Crippen LogP contribution in [0.3, 0.4) is 0 Å². The third-order valence-electron chi connectivity index (χ3n) is 4.03. The number of benzene rings is 1. The van der Waals surface area contributed by atoms with Crippen LogP contribution in [0.1, 0.15) is 38.7 Å². The smallest absolute Gasteiger partial charge is 0.162 e. The van der Waals surface area contributed by atoms with Crippen LogP contribution >= 0.6 is 28.3 Å². The van der Waals surface area contributed by atoms with E-state index in [1.165, 1.54) is 19.3 Å². The third-order valence-corrected chi connectivity index (χ3v) is 4.56. The highest BCUT2D eigenvalue weighted by atomic mass is 79.9. The highest BCUT2D eigenvalue weighted by Crippen LogP contribution is 2.22. The first kappa shape index (κ1) is 19.4. The van der Waals surface area contributed by atoms with Crippen molar-refractivity contribution in [1.29, 1.82) is 0 Å². The minimum Gasteiger partial charge on any atom is -0.302 e. The predicted octanol–water partition coefficient (Wildman–Crippen LogP) is 4.97. The monoisotopic (exact) mass is 385 g/mol. The van der Waals surface area contributed by atoms with Crippen LogP contribution in [0.15, 0.2) is 34.8 Å². The normalized spacial score (nSPS) is 16.5. The Balaban J connectivity index is 0.00000242. The fraction of sp³-hybridized carbons (Fsp3) is 0.500. The van der Waals surface area contributed by atoms with E-state index in [4.69, 9.17) is 0 Å². The first-order valence-corrected chi connectivity index (χ1v) is 8.47. The average Bonchev–Trinajstić information content (AvgIpc) is 2.47. The first-order valence-electron chi connectivity index (χ1n) is 7.68. The molecular formula is C18H25BrClNO. The molecule has 1 aromatic carbocycles. The largest absolute Gasteiger partial charge is 0.302 e. The van der Waals surface area contributed by atoms with Gasteiger partial charge < -0.3 is 4.90 Å². The van der Waals surface area contributed by atoms with E-state index in [0.717, 1.165) is 29.7 Å². The summed E-state index contributed by atoms with van der Waals surface area (Å²) in [5.41, 5.74) is 0.740. The van der Waals surface area contributed by atoms with Crippen molar-refractivity contribution in [3.63, 3.8) is 0 Å². The summed E-state index contributed by atoms with van der Waals surface area (Å²) in [6.45, 7) is 7.22. The Hall–Kier alpha value is -0.640. The molecule has 0 aromatic heterocycles. The summed E-state index contributed by atoms with van der Waals surface area (Å²) in [4.78, 5) is 14.9. The van der Waals surface area contributed by atoms with E-state index >= 15 is 0 Å². The van der Waals surface area contributed by atoms with Crippen molar-refractivity contribution in [2.45, 2.75) is 33.1 Å². The number of rotatable bonds is 5. The summed E-state index contributed by atoms with van der Waals surface area (Å²) < 4.78 is 1.05. The van der Waals surface area contributed by atoms with E-state index in [9.17, 15) is 4.79 Å². The topological polar surface area (TPSA) is 20.3 Å². The van der Waals surface area contributed by atoms with Gasteiger partial charge in [0, 0.05) is 16.4 Å². The van der Waals surface area contributed by atoms with Crippen LogP contribution in [0.5, 0.6) is 0 Å². The molecule has 0 amide bonds. The number of piperidine rings is 1. The molecular weight excluding hydrogens is 362 g/mol. The Morgan fingerprint density at radius 3 is 2.36 bits per heavy atom. The second-order valence-corrected chi connectivity index (χ2v) is 7.39. The molecule has 1 aliphatic heterocycles. The molecule has 4 heteroatoms. The van der Waals surface area contributed by atoms with Gasteiger partial charge in [0.25, 0.3) is 0 Å². The summed E-state index contributed by atoms with van der Waals surface area (Å²) in [6.07, 6.45) is 7.49. The van der Waals surface area contributed by atoms with Gasteiger partial charge in [0.2, 0.25) is 0 Å². The maximum atomic E-state index is 12.5. The van der Waals surface area contributed by atoms with E-state index in [1.54, 1.807) is 6.08 Å². The van der Waals surface area contributed by atoms with Gasteiger partial charge in [-0.05, 0) is 49.7 Å². The number of nitrogens with zero attached hydrogens (tertiary/aromatic N) is 1. The van der Waals surface area contributed by atoms with Gasteiger partial charge in [-0.15, -0.1) is 12.4 Å². The van der Waals surface area contributed by atoms with Gasteiger partial charge in [0.15, 0.2) is 5.78 Å². The summed E-state index contributed by atoms with van der Waals surface area (Å²) in [5, 5.41) is 0. The molecule has 2 rings (SSSR count). The van der Waals surface area contributed by atoms with Crippen molar-refractivity contribution in [3.05, 3.63) is 40.4 Å². The maximum Gasteiger partial charge on any atom is 0.162 e. The van der Waals surface area contributed by atoms with Gasteiger partial charge in [-0.1, -0.05) is 54.4 Å². The molecule has 0 spiro atoms. The molecule has 1 fully saturated rings. The minimum atomic E-state index is -0.316. The molecule has 1 heterocycles. The van der Waals surface area contributed by atoms with Gasteiger partial charge in [-0.25, -0.2) is 0 Å². The average molecular weight is 387 g/mol. The van der Waals surface area contributed by atoms with Crippen LogP contribution in [-0.2, 0) is 4.79 Å². The predicted molar refractivity (Wildman–Crippen MR) is 99.5 cm³/mol. The van der Waals surface area contributed by atoms with Crippen LogP contribution in [-0.4, -0.2) is 30.3 Å². The molecule has 0 unspecified atom stereocenters. The quantitative estimate of drug-likeness (QED) is 0.666. The van der Waals surface area contributed by atoms with Crippen molar-refractivity contribution < 1.29 is 4.79 Å². The SMILES string of the molecule is CC(C)(CN1CCCCC1)C(=O)C=Cc1ccc(Br)cc1.Cl. The van der Waals surface area contributed by atoms with Crippen LogP contribution in [0.25, 0.3) is 6.08 Å². The maximum absolute atomic E-state index is 12.5. The number of carbonyl (C=O) groups excluding carboxylic acids is 1. The molecule has 1 aliphatic rings. The van der Waals surface area contributed by atoms with E-state index in [0.29, 0.717) is 0 Å². The van der Waals surface area contributed by atoms with Crippen molar-refractivity contribution >= 4 is 40.2 Å². The lowest BCUT2D eigenvalue weighted by Crippen LogP contribution is -2.41. The first-order chi connectivity index (χ1) is 9.97. The Bertz CT molecular complexity index is 504. The molecule has 0 N–H and O–H groups in total. The lowest BCUT2D eigenvalue weighted by molar-refractivity contribution is -0.123. The van der Waals surface area contributed by atoms with Crippen LogP contribution in [0, 0.1) is 5.41 Å². The van der Waals surface area contributed by atoms with Gasteiger partial charge >= 0.3 is 0 Å². The summed E-state index contributed by atoms with van der Waals surface area (Å²) >= 11 is 3.42. The molecule has 1 aromatic rings. The summed E-state index contributed by atoms with van der Waals surface area (Å²) in [6, 6.07) is 7.99. The molecule has 2 nitrogen and oxygen atoms in total. The Morgan fingerprint density at radius 2 is 1.77 bits per heavy atom. The number of carbonyl (C=O) groups is 1. The molecule has 0 atom stereocenters. The highest BCUT2D eigenvalue weighted by molar-refractivity contribution is 9.10. The second kappa shape index (κ2) is 8.85. The third kappa shape index (κ3) is 5.86. The number of likely N-dealkylation sites (tertiary alicyclic amines) is 1. The molecule has 122 valence electrons. The zero-order valence-corrected chi connectivity index (χ0v) is 15.8. The Morgan fingerprint density at radius 1 is 1.18 bits per heavy atom. The Kier molecular flexibility index (Phi) is 7.81. The van der Waals surface area contributed by atoms with Crippen molar-refractivity contribution in [1.82, 2.24) is 4.90 Å². The van der Waals surface area contributed by atoms with Gasteiger partial charge in [0.05, 0.1) is 0 Å². The van der Waals surface area contributed by atoms with Gasteiger partial charge in [-0.2, -0.15) is 0 Å². The zero-order valence-electron chi connectivity index (χ0n) is 13.3. The number of hydrogen-bond acceptors (Lipinski definition) is 2. The molecule has 0 bridgehead atoms. The van der Waals surface area contributed by atoms with E-state index in [2.05, 4.69) is 34.7 Å². The fourth-order valence-electron chi connectivity index (χ4n) is 2.73. The molecule has 0 aliphatic carbocycles. The van der Waals surface area contributed by atoms with Crippen molar-refractivity contribution in [3.8, 4) is 0 Å². The van der Waals surface area contributed by atoms with E-state index in [-0.39, 0.29) is 23.6 Å². The molecule has 1 saturated heterocycles. The Labute approximate surface area is 148 Å². The molecule has 0 saturated carbocycles. The van der Waals surface area contributed by atoms with Gasteiger partial charge in [0.1, 0.15) is 0 Å². The number of hydrogen-bond donors (Lipinski definition) is 0. The van der Waals surface area contributed by atoms with E-state index in [1.807, 2.05) is 30.3 Å². The molecule has 22 heavy (non-hydrogen) atoms. The number of ketones is 1. The minimum absolute atomic E-state index is 0. The van der Waals surface area contributed by atoms with Crippen molar-refractivity contribution in [2.75, 3.05) is 19.6 Å². The number of halogens is 2. The van der Waals surface area contributed by atoms with Crippen LogP contribution < -0.4 is 0 Å². The summed E-state index contributed by atoms with van der Waals surface area (Å²) in [5.74, 6) is 0.205. The van der Waals surface area contributed by atoms with Crippen molar-refractivity contribution in [2.24, 2.45) is 5.41 Å². The standard InChI is InChI=1S/C18H24BrNO.ClH/c1-18(2,14-20-12-4-3-5-13-20)17(21)11-8-15-6-9-16(19)10-7-15;/h6-11H,3-5,12-14H2,1-2H3;1H. The van der Waals surface area contributed by atoms with E-state index < -0.39 is 0 Å². The van der Waals surface area contributed by atoms with Gasteiger partial charge in [-0.3, -0.25) is 4.79 Å². The highest BCUT2D eigenvalue weighted by Gasteiger charge is 2.28. The van der Waals surface area contributed by atoms with Crippen LogP contribution in [0.2, 0.25) is 0 Å².